The van der Waals surface area contributed by atoms with Gasteiger partial charge in [0.15, 0.2) is 0 Å². The van der Waals surface area contributed by atoms with Crippen LogP contribution in [0.15, 0.2) is 24.3 Å². The Balaban J connectivity index is 1.69. The van der Waals surface area contributed by atoms with Crippen LogP contribution in [0.2, 0.25) is 0 Å². The first kappa shape index (κ1) is 16.7. The van der Waals surface area contributed by atoms with Gasteiger partial charge in [0.25, 0.3) is 10.2 Å². The van der Waals surface area contributed by atoms with Gasteiger partial charge in [-0.2, -0.15) is 12.7 Å². The summed E-state index contributed by atoms with van der Waals surface area (Å²) < 4.78 is 32.4. The van der Waals surface area contributed by atoms with E-state index >= 15 is 0 Å². The first-order chi connectivity index (χ1) is 10.5. The molecule has 1 aromatic rings. The van der Waals surface area contributed by atoms with Gasteiger partial charge in [0, 0.05) is 13.1 Å². The standard InChI is InChI=1S/C14H21N3O4S/c1-12-4-2-5-13(10-12)21-9-7-15-14(18)11-17-8-3-6-16-22(17,19)20/h2,4-5,10,16H,3,6-9,11H2,1H3,(H,15,18). The predicted molar refractivity (Wildman–Crippen MR) is 82.8 cm³/mol. The van der Waals surface area contributed by atoms with Gasteiger partial charge in [0.2, 0.25) is 5.91 Å². The van der Waals surface area contributed by atoms with Crippen molar-refractivity contribution in [2.75, 3.05) is 32.8 Å². The smallest absolute Gasteiger partial charge is 0.279 e. The van der Waals surface area contributed by atoms with Gasteiger partial charge in [-0.1, -0.05) is 12.1 Å². The van der Waals surface area contributed by atoms with Gasteiger partial charge >= 0.3 is 0 Å². The molecule has 1 amide bonds. The van der Waals surface area contributed by atoms with E-state index in [0.29, 0.717) is 32.7 Å². The van der Waals surface area contributed by atoms with Crippen LogP contribution in [0.25, 0.3) is 0 Å². The summed E-state index contributed by atoms with van der Waals surface area (Å²) in [4.78, 5) is 11.8. The van der Waals surface area contributed by atoms with Crippen LogP contribution in [0.4, 0.5) is 0 Å². The highest BCUT2D eigenvalue weighted by atomic mass is 32.2. The van der Waals surface area contributed by atoms with Crippen molar-refractivity contribution >= 4 is 16.1 Å². The Morgan fingerprint density at radius 1 is 1.45 bits per heavy atom. The second-order valence-electron chi connectivity index (χ2n) is 5.10. The number of hydrogen-bond acceptors (Lipinski definition) is 4. The van der Waals surface area contributed by atoms with Crippen LogP contribution in [0.3, 0.4) is 0 Å². The number of carbonyl (C=O) groups is 1. The maximum absolute atomic E-state index is 11.8. The summed E-state index contributed by atoms with van der Waals surface area (Å²) in [6.07, 6.45) is 0.697. The average Bonchev–Trinajstić information content (AvgIpc) is 2.46. The second kappa shape index (κ2) is 7.57. The lowest BCUT2D eigenvalue weighted by molar-refractivity contribution is -0.121. The van der Waals surface area contributed by atoms with E-state index in [1.165, 1.54) is 0 Å². The van der Waals surface area contributed by atoms with Crippen molar-refractivity contribution in [3.05, 3.63) is 29.8 Å². The quantitative estimate of drug-likeness (QED) is 0.722. The lowest BCUT2D eigenvalue weighted by Gasteiger charge is -2.25. The number of hydrogen-bond donors (Lipinski definition) is 2. The minimum atomic E-state index is -3.51. The number of nitrogens with one attached hydrogen (secondary N) is 2. The maximum atomic E-state index is 11.8. The van der Waals surface area contributed by atoms with Crippen LogP contribution in [0.1, 0.15) is 12.0 Å². The maximum Gasteiger partial charge on any atom is 0.279 e. The molecule has 0 radical (unpaired) electrons. The molecule has 0 saturated carbocycles. The van der Waals surface area contributed by atoms with Crippen LogP contribution in [-0.4, -0.2) is 51.4 Å². The summed E-state index contributed by atoms with van der Waals surface area (Å²) in [5.41, 5.74) is 1.10. The summed E-state index contributed by atoms with van der Waals surface area (Å²) in [7, 11) is -3.51. The molecule has 122 valence electrons. The molecule has 0 atom stereocenters. The zero-order valence-electron chi connectivity index (χ0n) is 12.5. The lowest BCUT2D eigenvalue weighted by Crippen LogP contribution is -2.50. The number of aryl methyl sites for hydroxylation is 1. The summed E-state index contributed by atoms with van der Waals surface area (Å²) in [5.74, 6) is 0.414. The van der Waals surface area contributed by atoms with Crippen molar-refractivity contribution in [2.45, 2.75) is 13.3 Å². The minimum absolute atomic E-state index is 0.167. The molecule has 0 unspecified atom stereocenters. The number of carbonyl (C=O) groups excluding carboxylic acids is 1. The third-order valence-electron chi connectivity index (χ3n) is 3.21. The van der Waals surface area contributed by atoms with Crippen molar-refractivity contribution in [1.82, 2.24) is 14.3 Å². The molecule has 0 bridgehead atoms. The first-order valence-corrected chi connectivity index (χ1v) is 8.62. The van der Waals surface area contributed by atoms with Crippen molar-refractivity contribution in [3.63, 3.8) is 0 Å². The molecule has 0 aliphatic carbocycles. The van der Waals surface area contributed by atoms with Gasteiger partial charge in [0.1, 0.15) is 12.4 Å². The molecule has 1 saturated heterocycles. The minimum Gasteiger partial charge on any atom is -0.492 e. The Bertz CT molecular complexity index is 618. The number of ether oxygens (including phenoxy) is 1. The van der Waals surface area contributed by atoms with Crippen molar-refractivity contribution < 1.29 is 17.9 Å². The highest BCUT2D eigenvalue weighted by Gasteiger charge is 2.26. The third kappa shape index (κ3) is 4.97. The van der Waals surface area contributed by atoms with E-state index in [1.807, 2.05) is 31.2 Å². The van der Waals surface area contributed by atoms with E-state index in [1.54, 1.807) is 0 Å². The molecular weight excluding hydrogens is 306 g/mol. The van der Waals surface area contributed by atoms with Crippen LogP contribution in [0, 0.1) is 6.92 Å². The van der Waals surface area contributed by atoms with Gasteiger partial charge in [-0.25, -0.2) is 4.72 Å². The lowest BCUT2D eigenvalue weighted by atomic mass is 10.2. The Morgan fingerprint density at radius 2 is 2.27 bits per heavy atom. The van der Waals surface area contributed by atoms with Crippen molar-refractivity contribution in [1.29, 1.82) is 0 Å². The molecule has 2 N–H and O–H groups in total. The number of benzene rings is 1. The number of nitrogens with zero attached hydrogens (tertiary/aromatic N) is 1. The first-order valence-electron chi connectivity index (χ1n) is 7.18. The van der Waals surface area contributed by atoms with E-state index in [-0.39, 0.29) is 12.5 Å². The molecule has 22 heavy (non-hydrogen) atoms. The second-order valence-corrected chi connectivity index (χ2v) is 6.86. The molecule has 7 nitrogen and oxygen atoms in total. The Hall–Kier alpha value is -1.64. The molecule has 1 aromatic carbocycles. The SMILES string of the molecule is Cc1cccc(OCCNC(=O)CN2CCCNS2(=O)=O)c1. The van der Waals surface area contributed by atoms with Gasteiger partial charge in [-0.15, -0.1) is 0 Å². The zero-order valence-corrected chi connectivity index (χ0v) is 13.4. The van der Waals surface area contributed by atoms with Crippen LogP contribution < -0.4 is 14.8 Å². The largest absolute Gasteiger partial charge is 0.492 e. The third-order valence-corrected chi connectivity index (χ3v) is 4.77. The average molecular weight is 327 g/mol. The highest BCUT2D eigenvalue weighted by molar-refractivity contribution is 7.87. The summed E-state index contributed by atoms with van der Waals surface area (Å²) in [6, 6.07) is 7.63. The van der Waals surface area contributed by atoms with E-state index < -0.39 is 10.2 Å². The number of rotatable bonds is 6. The summed E-state index contributed by atoms with van der Waals surface area (Å²) in [6.45, 7) is 3.25. The van der Waals surface area contributed by atoms with E-state index in [0.717, 1.165) is 15.6 Å². The van der Waals surface area contributed by atoms with Gasteiger partial charge in [0.05, 0.1) is 13.1 Å². The van der Waals surface area contributed by atoms with Crippen LogP contribution >= 0.6 is 0 Å². The highest BCUT2D eigenvalue weighted by Crippen LogP contribution is 2.11. The van der Waals surface area contributed by atoms with E-state index in [2.05, 4.69) is 10.0 Å². The van der Waals surface area contributed by atoms with E-state index in [4.69, 9.17) is 4.74 Å². The fourth-order valence-corrected chi connectivity index (χ4v) is 3.35. The topological polar surface area (TPSA) is 87.7 Å². The molecule has 2 rings (SSSR count). The molecule has 1 fully saturated rings. The molecule has 1 aliphatic rings. The summed E-state index contributed by atoms with van der Waals surface area (Å²) in [5, 5.41) is 2.65. The van der Waals surface area contributed by atoms with Gasteiger partial charge in [-0.3, -0.25) is 4.79 Å². The Labute approximate surface area is 130 Å². The van der Waals surface area contributed by atoms with Crippen LogP contribution in [-0.2, 0) is 15.0 Å². The van der Waals surface area contributed by atoms with Gasteiger partial charge in [-0.05, 0) is 31.0 Å². The predicted octanol–water partition coefficient (Wildman–Crippen LogP) is 0.0301. The molecule has 0 aromatic heterocycles. The monoisotopic (exact) mass is 327 g/mol. The molecule has 1 aliphatic heterocycles. The summed E-state index contributed by atoms with van der Waals surface area (Å²) >= 11 is 0. The Kier molecular flexibility index (Phi) is 5.76. The Morgan fingerprint density at radius 3 is 3.00 bits per heavy atom. The van der Waals surface area contributed by atoms with E-state index in [9.17, 15) is 13.2 Å². The fourth-order valence-electron chi connectivity index (χ4n) is 2.11. The molecule has 8 heteroatoms. The number of amides is 1. The zero-order chi connectivity index (χ0) is 16.0. The van der Waals surface area contributed by atoms with Crippen molar-refractivity contribution in [2.24, 2.45) is 0 Å². The molecule has 1 heterocycles. The van der Waals surface area contributed by atoms with Crippen LogP contribution in [0.5, 0.6) is 5.75 Å². The molecular formula is C14H21N3O4S. The van der Waals surface area contributed by atoms with Gasteiger partial charge < -0.3 is 10.1 Å². The normalized spacial score (nSPS) is 17.9. The molecule has 0 spiro atoms. The van der Waals surface area contributed by atoms with Crippen molar-refractivity contribution in [3.8, 4) is 5.75 Å². The fraction of sp³-hybridized carbons (Fsp3) is 0.500.